The summed E-state index contributed by atoms with van der Waals surface area (Å²) in [5.41, 5.74) is 3.91. The molecule has 27 heavy (non-hydrogen) atoms. The van der Waals surface area contributed by atoms with Crippen LogP contribution in [0.15, 0.2) is 72.8 Å². The number of aryl methyl sites for hydroxylation is 1. The first kappa shape index (κ1) is 18.8. The van der Waals surface area contributed by atoms with Crippen LogP contribution in [0.4, 0.5) is 11.4 Å². The van der Waals surface area contributed by atoms with E-state index in [0.717, 1.165) is 22.5 Å². The zero-order valence-corrected chi connectivity index (χ0v) is 15.8. The van der Waals surface area contributed by atoms with Crippen molar-refractivity contribution in [3.63, 3.8) is 0 Å². The summed E-state index contributed by atoms with van der Waals surface area (Å²) in [7, 11) is 0. The lowest BCUT2D eigenvalue weighted by atomic mass is 10.2. The van der Waals surface area contributed by atoms with Crippen molar-refractivity contribution in [2.75, 3.05) is 17.2 Å². The Morgan fingerprint density at radius 1 is 0.963 bits per heavy atom. The number of carbonyl (C=O) groups is 1. The van der Waals surface area contributed by atoms with Gasteiger partial charge in [0.05, 0.1) is 0 Å². The molecule has 0 atom stereocenters. The number of rotatable bonds is 7. The number of benzene rings is 3. The third-order valence-corrected chi connectivity index (χ3v) is 4.16. The van der Waals surface area contributed by atoms with Crippen molar-refractivity contribution in [1.29, 1.82) is 0 Å². The molecule has 0 aliphatic carbocycles. The second-order valence-electron chi connectivity index (χ2n) is 6.21. The minimum absolute atomic E-state index is 0.0397. The van der Waals surface area contributed by atoms with Gasteiger partial charge in [0.25, 0.3) is 5.91 Å². The van der Waals surface area contributed by atoms with Gasteiger partial charge in [-0.15, -0.1) is 0 Å². The van der Waals surface area contributed by atoms with Gasteiger partial charge in [0.2, 0.25) is 0 Å². The Morgan fingerprint density at radius 3 is 2.52 bits per heavy atom. The first-order valence-corrected chi connectivity index (χ1v) is 9.04. The summed E-state index contributed by atoms with van der Waals surface area (Å²) in [4.78, 5) is 12.1. The van der Waals surface area contributed by atoms with Crippen LogP contribution in [0.2, 0.25) is 5.02 Å². The van der Waals surface area contributed by atoms with E-state index in [-0.39, 0.29) is 12.5 Å². The second kappa shape index (κ2) is 9.10. The first-order chi connectivity index (χ1) is 13.1. The molecule has 4 nitrogen and oxygen atoms in total. The van der Waals surface area contributed by atoms with Crippen LogP contribution in [-0.2, 0) is 11.3 Å². The van der Waals surface area contributed by atoms with Gasteiger partial charge < -0.3 is 15.4 Å². The molecule has 0 aliphatic heterocycles. The summed E-state index contributed by atoms with van der Waals surface area (Å²) in [6, 6.07) is 22.9. The summed E-state index contributed by atoms with van der Waals surface area (Å²) in [5.74, 6) is 0.468. The molecule has 0 aliphatic rings. The zero-order chi connectivity index (χ0) is 19.1. The minimum Gasteiger partial charge on any atom is -0.484 e. The highest BCUT2D eigenvalue weighted by Gasteiger charge is 2.05. The van der Waals surface area contributed by atoms with E-state index in [4.69, 9.17) is 16.3 Å². The van der Waals surface area contributed by atoms with E-state index in [2.05, 4.69) is 10.6 Å². The first-order valence-electron chi connectivity index (χ1n) is 8.66. The van der Waals surface area contributed by atoms with Crippen molar-refractivity contribution >= 4 is 28.9 Å². The molecule has 0 fully saturated rings. The second-order valence-corrected chi connectivity index (χ2v) is 6.65. The van der Waals surface area contributed by atoms with Gasteiger partial charge in [-0.25, -0.2) is 0 Å². The molecule has 1 amide bonds. The standard InChI is InChI=1S/C22H21ClN2O2/c1-16-4-2-6-20(12-16)25-22(26)15-27-21-7-3-5-17(13-21)14-24-19-10-8-18(23)9-11-19/h2-13,24H,14-15H2,1H3,(H,25,26). The molecular formula is C22H21ClN2O2. The molecule has 0 radical (unpaired) electrons. The maximum atomic E-state index is 12.1. The molecule has 5 heteroatoms. The number of anilines is 2. The third kappa shape index (κ3) is 6.04. The molecule has 0 aromatic heterocycles. The normalized spacial score (nSPS) is 10.3. The maximum absolute atomic E-state index is 12.1. The molecule has 3 aromatic carbocycles. The lowest BCUT2D eigenvalue weighted by Crippen LogP contribution is -2.20. The Morgan fingerprint density at radius 2 is 1.74 bits per heavy atom. The fourth-order valence-corrected chi connectivity index (χ4v) is 2.71. The molecule has 3 rings (SSSR count). The predicted molar refractivity (Wildman–Crippen MR) is 111 cm³/mol. The van der Waals surface area contributed by atoms with Crippen molar-refractivity contribution < 1.29 is 9.53 Å². The van der Waals surface area contributed by atoms with Crippen molar-refractivity contribution in [2.24, 2.45) is 0 Å². The van der Waals surface area contributed by atoms with Crippen LogP contribution in [-0.4, -0.2) is 12.5 Å². The van der Waals surface area contributed by atoms with E-state index in [0.29, 0.717) is 17.3 Å². The average molecular weight is 381 g/mol. The van der Waals surface area contributed by atoms with Crippen LogP contribution in [0.5, 0.6) is 5.75 Å². The minimum atomic E-state index is -0.190. The summed E-state index contributed by atoms with van der Waals surface area (Å²) >= 11 is 5.89. The Hall–Kier alpha value is -2.98. The van der Waals surface area contributed by atoms with E-state index in [1.54, 1.807) is 0 Å². The van der Waals surface area contributed by atoms with Crippen LogP contribution >= 0.6 is 11.6 Å². The largest absolute Gasteiger partial charge is 0.484 e. The predicted octanol–water partition coefficient (Wildman–Crippen LogP) is 5.28. The number of ether oxygens (including phenoxy) is 1. The van der Waals surface area contributed by atoms with E-state index < -0.39 is 0 Å². The summed E-state index contributed by atoms with van der Waals surface area (Å²) < 4.78 is 5.62. The molecule has 3 aromatic rings. The Balaban J connectivity index is 1.51. The van der Waals surface area contributed by atoms with E-state index in [1.165, 1.54) is 0 Å². The molecule has 0 saturated heterocycles. The molecule has 138 valence electrons. The monoisotopic (exact) mass is 380 g/mol. The van der Waals surface area contributed by atoms with E-state index in [1.807, 2.05) is 79.7 Å². The molecule has 0 bridgehead atoms. The molecule has 0 unspecified atom stereocenters. The lowest BCUT2D eigenvalue weighted by molar-refractivity contribution is -0.118. The van der Waals surface area contributed by atoms with Gasteiger partial charge in [-0.05, 0) is 66.6 Å². The average Bonchev–Trinajstić information content (AvgIpc) is 2.66. The highest BCUT2D eigenvalue weighted by Crippen LogP contribution is 2.17. The topological polar surface area (TPSA) is 50.4 Å². The Kier molecular flexibility index (Phi) is 6.34. The number of nitrogens with one attached hydrogen (secondary N) is 2. The van der Waals surface area contributed by atoms with Crippen molar-refractivity contribution in [2.45, 2.75) is 13.5 Å². The summed E-state index contributed by atoms with van der Waals surface area (Å²) in [5, 5.41) is 6.86. The molecular weight excluding hydrogens is 360 g/mol. The van der Waals surface area contributed by atoms with Crippen LogP contribution < -0.4 is 15.4 Å². The Labute approximate surface area is 164 Å². The van der Waals surface area contributed by atoms with Crippen molar-refractivity contribution in [3.8, 4) is 5.75 Å². The SMILES string of the molecule is Cc1cccc(NC(=O)COc2cccc(CNc3ccc(Cl)cc3)c2)c1. The van der Waals surface area contributed by atoms with Crippen molar-refractivity contribution in [1.82, 2.24) is 0 Å². The Bertz CT molecular complexity index is 910. The van der Waals surface area contributed by atoms with Gasteiger partial charge in [-0.1, -0.05) is 35.9 Å². The fourth-order valence-electron chi connectivity index (χ4n) is 2.59. The van der Waals surface area contributed by atoms with Crippen molar-refractivity contribution in [3.05, 3.63) is 88.9 Å². The molecule has 0 spiro atoms. The van der Waals surface area contributed by atoms with Gasteiger partial charge in [-0.2, -0.15) is 0 Å². The molecule has 2 N–H and O–H groups in total. The van der Waals surface area contributed by atoms with Crippen LogP contribution in [0.3, 0.4) is 0 Å². The number of carbonyl (C=O) groups excluding carboxylic acids is 1. The zero-order valence-electron chi connectivity index (χ0n) is 15.0. The number of hydrogen-bond donors (Lipinski definition) is 2. The van der Waals surface area contributed by atoms with E-state index >= 15 is 0 Å². The van der Waals surface area contributed by atoms with Gasteiger partial charge in [-0.3, -0.25) is 4.79 Å². The number of halogens is 1. The van der Waals surface area contributed by atoms with E-state index in [9.17, 15) is 4.79 Å². The summed E-state index contributed by atoms with van der Waals surface area (Å²) in [6.07, 6.45) is 0. The van der Waals surface area contributed by atoms with Crippen LogP contribution in [0.1, 0.15) is 11.1 Å². The smallest absolute Gasteiger partial charge is 0.262 e. The highest BCUT2D eigenvalue weighted by molar-refractivity contribution is 6.30. The lowest BCUT2D eigenvalue weighted by Gasteiger charge is -2.10. The fraction of sp³-hybridized carbons (Fsp3) is 0.136. The maximum Gasteiger partial charge on any atom is 0.262 e. The van der Waals surface area contributed by atoms with Gasteiger partial charge in [0, 0.05) is 22.9 Å². The number of hydrogen-bond acceptors (Lipinski definition) is 3. The van der Waals surface area contributed by atoms with Gasteiger partial charge >= 0.3 is 0 Å². The third-order valence-electron chi connectivity index (χ3n) is 3.91. The van der Waals surface area contributed by atoms with Gasteiger partial charge in [0.1, 0.15) is 5.75 Å². The summed E-state index contributed by atoms with van der Waals surface area (Å²) in [6.45, 7) is 2.59. The van der Waals surface area contributed by atoms with Gasteiger partial charge in [0.15, 0.2) is 6.61 Å². The highest BCUT2D eigenvalue weighted by atomic mass is 35.5. The van der Waals surface area contributed by atoms with Crippen LogP contribution in [0.25, 0.3) is 0 Å². The quantitative estimate of drug-likeness (QED) is 0.586. The van der Waals surface area contributed by atoms with Crippen LogP contribution in [0, 0.1) is 6.92 Å². The molecule has 0 heterocycles. The molecule has 0 saturated carbocycles. The number of amides is 1.